The number of esters is 2. The van der Waals surface area contributed by atoms with Gasteiger partial charge in [0.2, 0.25) is 0 Å². The molecule has 1 saturated heterocycles. The number of aryl methyl sites for hydroxylation is 1. The maximum Gasteiger partial charge on any atom is 0.337 e. The van der Waals surface area contributed by atoms with E-state index in [1.165, 1.54) is 19.1 Å². The van der Waals surface area contributed by atoms with Crippen LogP contribution < -0.4 is 0 Å². The zero-order valence-corrected chi connectivity index (χ0v) is 23.4. The average molecular weight is 547 g/mol. The van der Waals surface area contributed by atoms with Gasteiger partial charge in [0.05, 0.1) is 23.2 Å². The molecule has 9 heteroatoms. The molecular formula is C29H38O8S. The van der Waals surface area contributed by atoms with Crippen molar-refractivity contribution in [2.45, 2.75) is 76.9 Å². The molecule has 38 heavy (non-hydrogen) atoms. The highest BCUT2D eigenvalue weighted by Gasteiger charge is 2.58. The van der Waals surface area contributed by atoms with Gasteiger partial charge in [-0.1, -0.05) is 49.8 Å². The standard InChI is InChI=1S/C29H38O8S/c1-18-6-9-21(10-7-18)38(33,34)36-17-29(5)25-13-8-19(2)23(28(25,4)15-14-26(29)31)12-11-22-24(37-20(3)30)16-35-27(22)32/h6-7,9-11,23-26,31H,2,8,12-17H2,1,3-5H3/b22-11+/t23-,24-,25+,26-,28+,29+/m1/s1. The first-order valence-electron chi connectivity index (χ1n) is 13.1. The van der Waals surface area contributed by atoms with Crippen molar-refractivity contribution < 1.29 is 36.8 Å². The smallest absolute Gasteiger partial charge is 0.337 e. The normalized spacial score (nSPS) is 34.6. The Morgan fingerprint density at radius 2 is 1.92 bits per heavy atom. The van der Waals surface area contributed by atoms with Crippen molar-refractivity contribution in [1.82, 2.24) is 0 Å². The molecule has 0 radical (unpaired) electrons. The Hall–Kier alpha value is -2.49. The summed E-state index contributed by atoms with van der Waals surface area (Å²) in [6, 6.07) is 6.50. The highest BCUT2D eigenvalue weighted by atomic mass is 32.2. The van der Waals surface area contributed by atoms with Crippen LogP contribution in [0.15, 0.2) is 53.0 Å². The second-order valence-corrected chi connectivity index (χ2v) is 13.1. The summed E-state index contributed by atoms with van der Waals surface area (Å²) >= 11 is 0. The van der Waals surface area contributed by atoms with Crippen molar-refractivity contribution in [2.24, 2.45) is 22.7 Å². The van der Waals surface area contributed by atoms with Crippen LogP contribution in [0.25, 0.3) is 0 Å². The van der Waals surface area contributed by atoms with Crippen LogP contribution in [0.3, 0.4) is 0 Å². The van der Waals surface area contributed by atoms with Crippen molar-refractivity contribution in [3.8, 4) is 0 Å². The molecule has 1 heterocycles. The summed E-state index contributed by atoms with van der Waals surface area (Å²) in [7, 11) is -3.99. The summed E-state index contributed by atoms with van der Waals surface area (Å²) in [6.07, 6.45) is 3.55. The van der Waals surface area contributed by atoms with Crippen molar-refractivity contribution >= 4 is 22.1 Å². The third-order valence-corrected chi connectivity index (χ3v) is 10.3. The van der Waals surface area contributed by atoms with Crippen LogP contribution in [-0.4, -0.2) is 50.9 Å². The van der Waals surface area contributed by atoms with Crippen molar-refractivity contribution in [2.75, 3.05) is 13.2 Å². The van der Waals surface area contributed by atoms with Crippen LogP contribution in [0, 0.1) is 29.6 Å². The van der Waals surface area contributed by atoms with Crippen LogP contribution in [-0.2, 0) is 33.4 Å². The first-order valence-corrected chi connectivity index (χ1v) is 14.5. The monoisotopic (exact) mass is 546 g/mol. The van der Waals surface area contributed by atoms with Gasteiger partial charge in [-0.25, -0.2) is 4.79 Å². The molecule has 0 bridgehead atoms. The first kappa shape index (κ1) is 28.5. The number of rotatable bonds is 7. The molecule has 208 valence electrons. The van der Waals surface area contributed by atoms with Gasteiger partial charge in [0.25, 0.3) is 10.1 Å². The molecule has 0 amide bonds. The number of carbonyl (C=O) groups is 2. The molecule has 2 aliphatic carbocycles. The van der Waals surface area contributed by atoms with Gasteiger partial charge in [-0.05, 0) is 68.4 Å². The summed E-state index contributed by atoms with van der Waals surface area (Å²) in [4.78, 5) is 23.9. The Bertz CT molecular complexity index is 1230. The van der Waals surface area contributed by atoms with Gasteiger partial charge in [-0.2, -0.15) is 8.42 Å². The van der Waals surface area contributed by atoms with Crippen LogP contribution in [0.2, 0.25) is 0 Å². The number of aliphatic hydroxyl groups is 1. The minimum atomic E-state index is -3.99. The zero-order valence-electron chi connectivity index (χ0n) is 22.6. The van der Waals surface area contributed by atoms with Crippen LogP contribution in [0.1, 0.15) is 58.4 Å². The number of hydrogen-bond donors (Lipinski definition) is 1. The largest absolute Gasteiger partial charge is 0.458 e. The molecule has 1 aromatic carbocycles. The fourth-order valence-corrected chi connectivity index (χ4v) is 7.82. The molecule has 6 atom stereocenters. The maximum absolute atomic E-state index is 13.0. The number of allylic oxidation sites excluding steroid dienone is 2. The Morgan fingerprint density at radius 1 is 1.24 bits per heavy atom. The number of benzene rings is 1. The molecule has 0 unspecified atom stereocenters. The predicted octanol–water partition coefficient (Wildman–Crippen LogP) is 4.26. The van der Waals surface area contributed by atoms with Crippen LogP contribution in [0.5, 0.6) is 0 Å². The summed E-state index contributed by atoms with van der Waals surface area (Å²) in [5.41, 5.74) is 1.23. The molecule has 3 fully saturated rings. The third kappa shape index (κ3) is 5.33. The van der Waals surface area contributed by atoms with E-state index in [1.54, 1.807) is 18.2 Å². The van der Waals surface area contributed by atoms with E-state index in [0.29, 0.717) is 18.4 Å². The van der Waals surface area contributed by atoms with Crippen molar-refractivity contribution in [3.05, 3.63) is 53.6 Å². The molecule has 0 aromatic heterocycles. The van der Waals surface area contributed by atoms with Crippen molar-refractivity contribution in [3.63, 3.8) is 0 Å². The SMILES string of the molecule is C=C1CC[C@@H]2[C@](C)(COS(=O)(=O)c3ccc(C)cc3)[C@H](O)CC[C@@]2(C)[C@@H]1C/C=C1/C(=O)OC[C@H]1OC(C)=O. The predicted molar refractivity (Wildman–Crippen MR) is 140 cm³/mol. The molecule has 8 nitrogen and oxygen atoms in total. The number of carbonyl (C=O) groups excluding carboxylic acids is 2. The molecular weight excluding hydrogens is 508 g/mol. The van der Waals surface area contributed by atoms with E-state index in [-0.39, 0.29) is 35.4 Å². The lowest BCUT2D eigenvalue weighted by Gasteiger charge is -2.60. The van der Waals surface area contributed by atoms with E-state index >= 15 is 0 Å². The maximum atomic E-state index is 13.0. The Morgan fingerprint density at radius 3 is 2.58 bits per heavy atom. The fourth-order valence-electron chi connectivity index (χ4n) is 6.81. The number of cyclic esters (lactones) is 1. The van der Waals surface area contributed by atoms with Gasteiger partial charge < -0.3 is 14.6 Å². The van der Waals surface area contributed by atoms with E-state index < -0.39 is 39.7 Å². The van der Waals surface area contributed by atoms with Gasteiger partial charge >= 0.3 is 11.9 Å². The molecule has 2 saturated carbocycles. The summed E-state index contributed by atoms with van der Waals surface area (Å²) in [5, 5.41) is 11.2. The molecule has 1 aromatic rings. The van der Waals surface area contributed by atoms with E-state index in [4.69, 9.17) is 13.7 Å². The van der Waals surface area contributed by atoms with Gasteiger partial charge in [-0.3, -0.25) is 8.98 Å². The lowest BCUT2D eigenvalue weighted by Crippen LogP contribution is -2.57. The summed E-state index contributed by atoms with van der Waals surface area (Å²) < 4.78 is 41.9. The summed E-state index contributed by atoms with van der Waals surface area (Å²) in [6.45, 7) is 11.5. The zero-order chi connectivity index (χ0) is 27.9. The summed E-state index contributed by atoms with van der Waals surface area (Å²) in [5.74, 6) is -1.02. The van der Waals surface area contributed by atoms with E-state index in [9.17, 15) is 23.1 Å². The van der Waals surface area contributed by atoms with E-state index in [1.807, 2.05) is 13.8 Å². The molecule has 1 N–H and O–H groups in total. The van der Waals surface area contributed by atoms with Crippen LogP contribution in [0.4, 0.5) is 0 Å². The third-order valence-electron chi connectivity index (χ3n) is 9.02. The Kier molecular flexibility index (Phi) is 7.94. The second-order valence-electron chi connectivity index (χ2n) is 11.5. The fraction of sp³-hybridized carbons (Fsp3) is 0.586. The lowest BCUT2D eigenvalue weighted by atomic mass is 9.46. The van der Waals surface area contributed by atoms with Gasteiger partial charge in [0, 0.05) is 12.3 Å². The molecule has 4 rings (SSSR count). The Labute approximate surface area is 225 Å². The van der Waals surface area contributed by atoms with Crippen molar-refractivity contribution in [1.29, 1.82) is 0 Å². The quantitative estimate of drug-likeness (QED) is 0.234. The minimum Gasteiger partial charge on any atom is -0.458 e. The van der Waals surface area contributed by atoms with Gasteiger partial charge in [0.1, 0.15) is 6.61 Å². The van der Waals surface area contributed by atoms with E-state index in [0.717, 1.165) is 30.4 Å². The highest BCUT2D eigenvalue weighted by Crippen LogP contribution is 2.62. The first-order chi connectivity index (χ1) is 17.8. The van der Waals surface area contributed by atoms with E-state index in [2.05, 4.69) is 13.5 Å². The Balaban J connectivity index is 1.58. The molecule has 0 spiro atoms. The number of hydrogen-bond acceptors (Lipinski definition) is 8. The van der Waals surface area contributed by atoms with Gasteiger partial charge in [-0.15, -0.1) is 0 Å². The number of ether oxygens (including phenoxy) is 2. The second kappa shape index (κ2) is 10.6. The highest BCUT2D eigenvalue weighted by molar-refractivity contribution is 7.86. The average Bonchev–Trinajstić information content (AvgIpc) is 3.19. The van der Waals surface area contributed by atoms with Crippen LogP contribution >= 0.6 is 0 Å². The molecule has 3 aliphatic rings. The number of fused-ring (bicyclic) bond motifs is 1. The molecule has 1 aliphatic heterocycles. The lowest BCUT2D eigenvalue weighted by molar-refractivity contribution is -0.146. The topological polar surface area (TPSA) is 116 Å². The minimum absolute atomic E-state index is 0.00676. The number of aliphatic hydroxyl groups excluding tert-OH is 1. The van der Waals surface area contributed by atoms with Gasteiger partial charge in [0.15, 0.2) is 6.10 Å².